The van der Waals surface area contributed by atoms with Crippen molar-refractivity contribution in [3.8, 4) is 55.8 Å². The first-order chi connectivity index (χ1) is 32.2. The molecule has 1 aliphatic carbocycles. The topological polar surface area (TPSA) is 16.4 Å². The van der Waals surface area contributed by atoms with E-state index in [1.54, 1.807) is 0 Å². The number of anilines is 3. The standard InChI is InChI=1S/C63H43NO/c1-5-16-44(17-6-1)46-28-35-54(36-29-46)64(55-37-30-47(31-38-55)45-18-7-2-8-19-45)56-39-32-48(33-40-56)49-20-15-21-50(42-49)51-34-41-57-59(43-51)63(52-22-9-3-10-23-52,53-24-11-4-12-25-53)61-58-26-13-14-27-60(58)65-62(57)61/h1-43H. The summed E-state index contributed by atoms with van der Waals surface area (Å²) in [6, 6.07) is 94.1. The van der Waals surface area contributed by atoms with Gasteiger partial charge in [-0.1, -0.05) is 206 Å². The first kappa shape index (κ1) is 38.2. The zero-order valence-corrected chi connectivity index (χ0v) is 35.7. The number of hydrogen-bond donors (Lipinski definition) is 0. The molecule has 1 aromatic heterocycles. The first-order valence-electron chi connectivity index (χ1n) is 22.3. The van der Waals surface area contributed by atoms with Crippen LogP contribution in [0, 0.1) is 0 Å². The minimum Gasteiger partial charge on any atom is -0.456 e. The quantitative estimate of drug-likeness (QED) is 0.144. The van der Waals surface area contributed by atoms with Gasteiger partial charge in [-0.2, -0.15) is 0 Å². The third kappa shape index (κ3) is 6.58. The number of fused-ring (bicyclic) bond motifs is 5. The molecule has 0 saturated heterocycles. The Morgan fingerprint density at radius 3 is 1.22 bits per heavy atom. The van der Waals surface area contributed by atoms with E-state index in [-0.39, 0.29) is 0 Å². The lowest BCUT2D eigenvalue weighted by Gasteiger charge is -2.33. The van der Waals surface area contributed by atoms with Crippen LogP contribution in [0.1, 0.15) is 22.3 Å². The molecule has 12 rings (SSSR count). The van der Waals surface area contributed by atoms with E-state index in [0.717, 1.165) is 61.6 Å². The molecule has 1 heterocycles. The van der Waals surface area contributed by atoms with Gasteiger partial charge in [0, 0.05) is 33.6 Å². The van der Waals surface area contributed by atoms with Crippen LogP contribution in [0.25, 0.3) is 66.8 Å². The fourth-order valence-electron chi connectivity index (χ4n) is 10.1. The largest absolute Gasteiger partial charge is 0.456 e. The zero-order valence-electron chi connectivity index (χ0n) is 35.7. The molecule has 0 amide bonds. The number of furan rings is 1. The van der Waals surface area contributed by atoms with Gasteiger partial charge < -0.3 is 9.32 Å². The lowest BCUT2D eigenvalue weighted by atomic mass is 9.67. The Kier molecular flexibility index (Phi) is 9.43. The summed E-state index contributed by atoms with van der Waals surface area (Å²) in [7, 11) is 0. The van der Waals surface area contributed by atoms with Gasteiger partial charge in [0.05, 0.1) is 5.41 Å². The van der Waals surface area contributed by atoms with Crippen molar-refractivity contribution in [1.29, 1.82) is 0 Å². The highest BCUT2D eigenvalue weighted by atomic mass is 16.3. The summed E-state index contributed by atoms with van der Waals surface area (Å²) in [5.74, 6) is 0.947. The van der Waals surface area contributed by atoms with Gasteiger partial charge in [-0.25, -0.2) is 0 Å². The highest BCUT2D eigenvalue weighted by Crippen LogP contribution is 2.59. The SMILES string of the molecule is c1ccc(-c2ccc(N(c3ccc(-c4ccccc4)cc3)c3ccc(-c4cccc(-c5ccc6c(c5)C(c5ccccc5)(c5ccccc5)c5c-6oc6ccccc56)c4)cc3)cc2)cc1. The second-order valence-electron chi connectivity index (χ2n) is 16.8. The number of para-hydroxylation sites is 1. The Morgan fingerprint density at radius 1 is 0.308 bits per heavy atom. The van der Waals surface area contributed by atoms with Gasteiger partial charge in [-0.3, -0.25) is 0 Å². The lowest BCUT2D eigenvalue weighted by molar-refractivity contribution is 0.628. The molecule has 0 unspecified atom stereocenters. The van der Waals surface area contributed by atoms with Crippen molar-refractivity contribution in [2.75, 3.05) is 4.90 Å². The molecule has 2 heteroatoms. The molecule has 0 saturated carbocycles. The minimum atomic E-state index is -0.571. The number of nitrogens with zero attached hydrogens (tertiary/aromatic N) is 1. The van der Waals surface area contributed by atoms with E-state index in [1.807, 2.05) is 0 Å². The molecule has 0 radical (unpaired) electrons. The molecular formula is C63H43NO. The fourth-order valence-corrected chi connectivity index (χ4v) is 10.1. The molecule has 10 aromatic carbocycles. The molecule has 65 heavy (non-hydrogen) atoms. The van der Waals surface area contributed by atoms with E-state index in [9.17, 15) is 0 Å². The maximum Gasteiger partial charge on any atom is 0.140 e. The summed E-state index contributed by atoms with van der Waals surface area (Å²) in [4.78, 5) is 2.34. The normalized spacial score (nSPS) is 12.4. The van der Waals surface area contributed by atoms with Crippen LogP contribution in [0.3, 0.4) is 0 Å². The van der Waals surface area contributed by atoms with Gasteiger partial charge in [0.2, 0.25) is 0 Å². The van der Waals surface area contributed by atoms with Crippen LogP contribution in [-0.2, 0) is 5.41 Å². The van der Waals surface area contributed by atoms with Gasteiger partial charge in [0.15, 0.2) is 0 Å². The van der Waals surface area contributed by atoms with Crippen molar-refractivity contribution in [2.45, 2.75) is 5.41 Å². The van der Waals surface area contributed by atoms with E-state index < -0.39 is 5.41 Å². The lowest BCUT2D eigenvalue weighted by Crippen LogP contribution is -2.28. The van der Waals surface area contributed by atoms with Crippen LogP contribution in [0.15, 0.2) is 265 Å². The molecule has 2 nitrogen and oxygen atoms in total. The summed E-state index contributed by atoms with van der Waals surface area (Å²) in [5.41, 5.74) is 19.1. The molecule has 306 valence electrons. The Hall–Kier alpha value is -8.46. The molecule has 0 atom stereocenters. The van der Waals surface area contributed by atoms with Crippen molar-refractivity contribution < 1.29 is 4.42 Å². The summed E-state index contributed by atoms with van der Waals surface area (Å²) >= 11 is 0. The van der Waals surface area contributed by atoms with Gasteiger partial charge >= 0.3 is 0 Å². The number of hydrogen-bond acceptors (Lipinski definition) is 2. The Balaban J connectivity index is 0.926. The van der Waals surface area contributed by atoms with Gasteiger partial charge in [0.25, 0.3) is 0 Å². The number of benzene rings is 10. The Morgan fingerprint density at radius 2 is 0.692 bits per heavy atom. The Bertz CT molecular complexity index is 3310. The van der Waals surface area contributed by atoms with Crippen molar-refractivity contribution in [2.24, 2.45) is 0 Å². The van der Waals surface area contributed by atoms with E-state index in [0.29, 0.717) is 0 Å². The van der Waals surface area contributed by atoms with E-state index in [1.165, 1.54) is 44.5 Å². The second-order valence-corrected chi connectivity index (χ2v) is 16.8. The van der Waals surface area contributed by atoms with Crippen molar-refractivity contribution in [1.82, 2.24) is 0 Å². The zero-order chi connectivity index (χ0) is 43.2. The van der Waals surface area contributed by atoms with Crippen LogP contribution in [0.4, 0.5) is 17.1 Å². The molecule has 0 spiro atoms. The highest BCUT2D eigenvalue weighted by Gasteiger charge is 2.49. The highest BCUT2D eigenvalue weighted by molar-refractivity contribution is 5.98. The smallest absolute Gasteiger partial charge is 0.140 e. The summed E-state index contributed by atoms with van der Waals surface area (Å²) in [6.45, 7) is 0. The average molecular weight is 830 g/mol. The van der Waals surface area contributed by atoms with E-state index in [2.05, 4.69) is 266 Å². The van der Waals surface area contributed by atoms with Crippen molar-refractivity contribution >= 4 is 28.0 Å². The van der Waals surface area contributed by atoms with E-state index >= 15 is 0 Å². The first-order valence-corrected chi connectivity index (χ1v) is 22.3. The fraction of sp³-hybridized carbons (Fsp3) is 0.0159. The molecule has 0 aliphatic heterocycles. The molecular weight excluding hydrogens is 787 g/mol. The summed E-state index contributed by atoms with van der Waals surface area (Å²) in [6.07, 6.45) is 0. The second kappa shape index (κ2) is 16.0. The summed E-state index contributed by atoms with van der Waals surface area (Å²) in [5, 5.41) is 1.14. The third-order valence-electron chi connectivity index (χ3n) is 13.2. The molecule has 0 bridgehead atoms. The molecule has 1 aliphatic rings. The van der Waals surface area contributed by atoms with Crippen molar-refractivity contribution in [3.63, 3.8) is 0 Å². The van der Waals surface area contributed by atoms with Crippen LogP contribution in [-0.4, -0.2) is 0 Å². The minimum absolute atomic E-state index is 0.571. The van der Waals surface area contributed by atoms with Crippen molar-refractivity contribution in [3.05, 3.63) is 283 Å². The van der Waals surface area contributed by atoms with Gasteiger partial charge in [-0.15, -0.1) is 0 Å². The van der Waals surface area contributed by atoms with Crippen LogP contribution >= 0.6 is 0 Å². The van der Waals surface area contributed by atoms with E-state index in [4.69, 9.17) is 4.42 Å². The maximum atomic E-state index is 6.78. The molecule has 0 fully saturated rings. The van der Waals surface area contributed by atoms with Crippen LogP contribution in [0.2, 0.25) is 0 Å². The Labute approximate surface area is 380 Å². The monoisotopic (exact) mass is 829 g/mol. The summed E-state index contributed by atoms with van der Waals surface area (Å²) < 4.78 is 6.78. The number of rotatable bonds is 9. The average Bonchev–Trinajstić information content (AvgIpc) is 3.91. The molecule has 0 N–H and O–H groups in total. The molecule has 11 aromatic rings. The van der Waals surface area contributed by atoms with Gasteiger partial charge in [0.1, 0.15) is 11.3 Å². The van der Waals surface area contributed by atoms with Crippen LogP contribution < -0.4 is 4.90 Å². The van der Waals surface area contributed by atoms with Gasteiger partial charge in [-0.05, 0) is 116 Å². The third-order valence-corrected chi connectivity index (χ3v) is 13.2. The predicted octanol–water partition coefficient (Wildman–Crippen LogP) is 16.9. The predicted molar refractivity (Wildman–Crippen MR) is 270 cm³/mol. The maximum absolute atomic E-state index is 6.78. The van der Waals surface area contributed by atoms with Crippen LogP contribution in [0.5, 0.6) is 0 Å².